The van der Waals surface area contributed by atoms with Crippen LogP contribution in [-0.2, 0) is 6.18 Å². The van der Waals surface area contributed by atoms with E-state index >= 15 is 8.78 Å². The molecule has 0 saturated carbocycles. The molecule has 192 valence electrons. The lowest BCUT2D eigenvalue weighted by atomic mass is 9.73. The number of alkyl halides is 5. The molecule has 2 aromatic rings. The third kappa shape index (κ3) is 6.40. The third-order valence-electron chi connectivity index (χ3n) is 6.29. The zero-order valence-corrected chi connectivity index (χ0v) is 19.7. The summed E-state index contributed by atoms with van der Waals surface area (Å²) in [5.74, 6) is -5.04. The fourth-order valence-corrected chi connectivity index (χ4v) is 4.26. The zero-order valence-electron chi connectivity index (χ0n) is 19.7. The first-order valence-electron chi connectivity index (χ1n) is 11.2. The Morgan fingerprint density at radius 1 is 1.26 bits per heavy atom. The number of hydrogen-bond acceptors (Lipinski definition) is 5. The van der Waals surface area contributed by atoms with Crippen molar-refractivity contribution in [3.63, 3.8) is 0 Å². The number of aliphatic hydroxyl groups excluding tert-OH is 1. The highest BCUT2D eigenvalue weighted by Gasteiger charge is 2.44. The summed E-state index contributed by atoms with van der Waals surface area (Å²) in [6.45, 7) is 5.15. The number of allylic oxidation sites excluding steroid dienone is 1. The number of carbonyl (C=O) groups excluding carboxylic acids is 1. The second-order valence-electron chi connectivity index (χ2n) is 8.71. The number of hydrogen-bond donors (Lipinski definition) is 1. The van der Waals surface area contributed by atoms with Gasteiger partial charge in [0.1, 0.15) is 5.58 Å². The van der Waals surface area contributed by atoms with Gasteiger partial charge in [0.25, 0.3) is 5.92 Å². The Morgan fingerprint density at radius 2 is 1.94 bits per heavy atom. The summed E-state index contributed by atoms with van der Waals surface area (Å²) in [7, 11) is 0. The Balaban J connectivity index is 2.43. The molecule has 35 heavy (non-hydrogen) atoms. The monoisotopic (exact) mass is 500 g/mol. The number of nitrogens with zero attached hydrogens (tertiary/aromatic N) is 2. The van der Waals surface area contributed by atoms with Gasteiger partial charge >= 0.3 is 6.18 Å². The van der Waals surface area contributed by atoms with Crippen molar-refractivity contribution in [3.05, 3.63) is 42.2 Å². The van der Waals surface area contributed by atoms with Crippen LogP contribution in [-0.4, -0.2) is 37.0 Å². The molecule has 1 N–H and O–H groups in total. The standard InChI is InChI=1S/C25H29F5N2O3/c1-4-6-9-23(15-31,10-11-33)13-17(3)24(26,27)16-32(5-2)22-19-12-18(25(28,29)30)7-8-20(19)35-21(22)14-34/h4,7-8,12,14,17,33H,1,5-6,9-11,13,16H2,2-3H3. The molecular formula is C25H29F5N2O3. The van der Waals surface area contributed by atoms with Gasteiger partial charge in [-0.25, -0.2) is 8.78 Å². The lowest BCUT2D eigenvalue weighted by molar-refractivity contribution is -0.137. The molecule has 0 spiro atoms. The largest absolute Gasteiger partial charge is 0.451 e. The number of aliphatic hydroxyl groups is 1. The summed E-state index contributed by atoms with van der Waals surface area (Å²) in [6, 6.07) is 4.72. The highest BCUT2D eigenvalue weighted by Crippen LogP contribution is 2.43. The van der Waals surface area contributed by atoms with E-state index in [1.807, 2.05) is 0 Å². The minimum absolute atomic E-state index is 0.0249. The quantitative estimate of drug-likeness (QED) is 0.190. The molecule has 0 radical (unpaired) electrons. The highest BCUT2D eigenvalue weighted by molar-refractivity contribution is 6.00. The van der Waals surface area contributed by atoms with Crippen molar-refractivity contribution in [1.29, 1.82) is 5.26 Å². The Kier molecular flexibility index (Phi) is 9.06. The van der Waals surface area contributed by atoms with Gasteiger partial charge in [0.05, 0.1) is 29.3 Å². The van der Waals surface area contributed by atoms with E-state index in [1.54, 1.807) is 6.08 Å². The van der Waals surface area contributed by atoms with Crippen molar-refractivity contribution in [2.75, 3.05) is 24.6 Å². The fourth-order valence-electron chi connectivity index (χ4n) is 4.26. The van der Waals surface area contributed by atoms with Gasteiger partial charge in [0.2, 0.25) is 0 Å². The van der Waals surface area contributed by atoms with E-state index in [1.165, 1.54) is 13.8 Å². The van der Waals surface area contributed by atoms with Crippen LogP contribution in [0, 0.1) is 22.7 Å². The van der Waals surface area contributed by atoms with Crippen LogP contribution < -0.4 is 4.90 Å². The van der Waals surface area contributed by atoms with E-state index in [0.29, 0.717) is 6.42 Å². The number of aldehydes is 1. The molecule has 2 atom stereocenters. The smallest absolute Gasteiger partial charge is 0.416 e. The topological polar surface area (TPSA) is 77.5 Å². The van der Waals surface area contributed by atoms with Crippen LogP contribution in [0.4, 0.5) is 27.6 Å². The molecule has 2 rings (SSSR count). The Labute approximate surface area is 200 Å². The van der Waals surface area contributed by atoms with Gasteiger partial charge in [0, 0.05) is 24.5 Å². The lowest BCUT2D eigenvalue weighted by Crippen LogP contribution is -2.43. The number of carbonyl (C=O) groups is 1. The molecule has 2 unspecified atom stereocenters. The van der Waals surface area contributed by atoms with E-state index in [0.717, 1.165) is 23.1 Å². The second-order valence-corrected chi connectivity index (χ2v) is 8.71. The molecule has 0 aliphatic carbocycles. The van der Waals surface area contributed by atoms with Crippen LogP contribution in [0.2, 0.25) is 0 Å². The summed E-state index contributed by atoms with van der Waals surface area (Å²) in [6.07, 6.45) is -2.32. The van der Waals surface area contributed by atoms with Crippen molar-refractivity contribution >= 4 is 22.9 Å². The van der Waals surface area contributed by atoms with Gasteiger partial charge in [0.15, 0.2) is 12.0 Å². The maximum atomic E-state index is 15.4. The number of benzene rings is 1. The summed E-state index contributed by atoms with van der Waals surface area (Å²) >= 11 is 0. The fraction of sp³-hybridized carbons (Fsp3) is 0.520. The van der Waals surface area contributed by atoms with Crippen molar-refractivity contribution < 1.29 is 36.3 Å². The van der Waals surface area contributed by atoms with Crippen LogP contribution in [0.25, 0.3) is 11.0 Å². The molecule has 0 aliphatic heterocycles. The second kappa shape index (κ2) is 11.2. The van der Waals surface area contributed by atoms with E-state index in [4.69, 9.17) is 4.42 Å². The molecule has 0 amide bonds. The van der Waals surface area contributed by atoms with Crippen molar-refractivity contribution in [1.82, 2.24) is 0 Å². The third-order valence-corrected chi connectivity index (χ3v) is 6.29. The Morgan fingerprint density at radius 3 is 2.46 bits per heavy atom. The van der Waals surface area contributed by atoms with Crippen LogP contribution in [0.15, 0.2) is 35.3 Å². The number of rotatable bonds is 13. The lowest BCUT2D eigenvalue weighted by Gasteiger charge is -2.35. The van der Waals surface area contributed by atoms with E-state index < -0.39 is 35.5 Å². The average molecular weight is 501 g/mol. The first-order valence-corrected chi connectivity index (χ1v) is 11.2. The van der Waals surface area contributed by atoms with Crippen molar-refractivity contribution in [2.45, 2.75) is 51.6 Å². The molecular weight excluding hydrogens is 471 g/mol. The molecule has 0 fully saturated rings. The number of anilines is 1. The summed E-state index contributed by atoms with van der Waals surface area (Å²) < 4.78 is 76.0. The van der Waals surface area contributed by atoms with Crippen LogP contribution in [0.1, 0.15) is 55.6 Å². The minimum atomic E-state index is -4.67. The summed E-state index contributed by atoms with van der Waals surface area (Å²) in [4.78, 5) is 12.7. The van der Waals surface area contributed by atoms with Gasteiger partial charge in [-0.15, -0.1) is 6.58 Å². The van der Waals surface area contributed by atoms with Gasteiger partial charge in [-0.2, -0.15) is 18.4 Å². The number of furan rings is 1. The number of fused-ring (bicyclic) bond motifs is 1. The van der Waals surface area contributed by atoms with Crippen LogP contribution in [0.5, 0.6) is 0 Å². The van der Waals surface area contributed by atoms with E-state index in [2.05, 4.69) is 12.6 Å². The number of halogens is 5. The maximum Gasteiger partial charge on any atom is 0.416 e. The van der Waals surface area contributed by atoms with Crippen LogP contribution >= 0.6 is 0 Å². The molecule has 0 aliphatic rings. The van der Waals surface area contributed by atoms with Gasteiger partial charge in [-0.05, 0) is 50.8 Å². The van der Waals surface area contributed by atoms with Crippen molar-refractivity contribution in [2.24, 2.45) is 11.3 Å². The SMILES string of the molecule is C=CCCC(C#N)(CCO)CC(C)C(F)(F)CN(CC)c1c(C=O)oc2ccc(C(F)(F)F)cc12. The molecule has 10 heteroatoms. The van der Waals surface area contributed by atoms with Gasteiger partial charge < -0.3 is 14.4 Å². The van der Waals surface area contributed by atoms with E-state index in [-0.39, 0.29) is 61.1 Å². The Bertz CT molecular complexity index is 1070. The normalized spacial score (nSPS) is 14.8. The van der Waals surface area contributed by atoms with Crippen LogP contribution in [0.3, 0.4) is 0 Å². The van der Waals surface area contributed by atoms with E-state index in [9.17, 15) is 28.3 Å². The molecule has 1 aromatic carbocycles. The van der Waals surface area contributed by atoms with Gasteiger partial charge in [-0.3, -0.25) is 4.79 Å². The molecule has 0 bridgehead atoms. The summed E-state index contributed by atoms with van der Waals surface area (Å²) in [5.41, 5.74) is -2.34. The zero-order chi connectivity index (χ0) is 26.4. The highest BCUT2D eigenvalue weighted by atomic mass is 19.4. The molecule has 1 heterocycles. The van der Waals surface area contributed by atoms with Gasteiger partial charge in [-0.1, -0.05) is 13.0 Å². The predicted molar refractivity (Wildman–Crippen MR) is 122 cm³/mol. The molecule has 5 nitrogen and oxygen atoms in total. The molecule has 1 aromatic heterocycles. The predicted octanol–water partition coefficient (Wildman–Crippen LogP) is 6.61. The maximum absolute atomic E-state index is 15.4. The average Bonchev–Trinajstić information content (AvgIpc) is 3.18. The first kappa shape index (κ1) is 28.3. The molecule has 0 saturated heterocycles. The van der Waals surface area contributed by atoms with Crippen molar-refractivity contribution in [3.8, 4) is 6.07 Å². The number of nitriles is 1. The Hall–Kier alpha value is -2.93. The first-order chi connectivity index (χ1) is 16.4. The summed E-state index contributed by atoms with van der Waals surface area (Å²) in [5, 5.41) is 19.0. The minimum Gasteiger partial charge on any atom is -0.451 e.